The number of halogens is 2. The van der Waals surface area contributed by atoms with Crippen LogP contribution in [0, 0.1) is 5.82 Å². The monoisotopic (exact) mass is 811 g/mol. The van der Waals surface area contributed by atoms with Gasteiger partial charge < -0.3 is 30.9 Å². The maximum Gasteiger partial charge on any atom is 0.255 e. The quantitative estimate of drug-likeness (QED) is 0.0663. The average Bonchev–Trinajstić information content (AvgIpc) is 3.54. The Kier molecular flexibility index (Phi) is 12.4. The summed E-state index contributed by atoms with van der Waals surface area (Å²) in [6.07, 6.45) is 7.67. The molecule has 1 unspecified atom stereocenters. The van der Waals surface area contributed by atoms with Crippen LogP contribution in [0.5, 0.6) is 5.75 Å². The summed E-state index contributed by atoms with van der Waals surface area (Å²) in [6, 6.07) is 12.5. The van der Waals surface area contributed by atoms with Crippen LogP contribution < -0.4 is 31.3 Å². The summed E-state index contributed by atoms with van der Waals surface area (Å²) in [4.78, 5) is 75.2. The van der Waals surface area contributed by atoms with Gasteiger partial charge in [0.1, 0.15) is 29.8 Å². The third-order valence-corrected chi connectivity index (χ3v) is 10.8. The maximum absolute atomic E-state index is 13.7. The van der Waals surface area contributed by atoms with Crippen molar-refractivity contribution in [1.82, 2.24) is 30.4 Å². The lowest BCUT2D eigenvalue weighted by atomic mass is 10.0. The summed E-state index contributed by atoms with van der Waals surface area (Å²) in [5.74, 6) is -1.04. The highest BCUT2D eigenvalue weighted by molar-refractivity contribution is 6.31. The van der Waals surface area contributed by atoms with Gasteiger partial charge in [0, 0.05) is 91.6 Å². The van der Waals surface area contributed by atoms with Gasteiger partial charge in [0.15, 0.2) is 0 Å². The van der Waals surface area contributed by atoms with Gasteiger partial charge in [-0.15, -0.1) is 0 Å². The van der Waals surface area contributed by atoms with Crippen molar-refractivity contribution >= 4 is 74.9 Å². The first-order chi connectivity index (χ1) is 28.1. The molecule has 1 aromatic heterocycles. The molecule has 0 radical (unpaired) electrons. The fraction of sp³-hybridized carbons (Fsp3) is 0.341. The van der Waals surface area contributed by atoms with Crippen molar-refractivity contribution in [3.63, 3.8) is 0 Å². The molecule has 0 spiro atoms. The van der Waals surface area contributed by atoms with Gasteiger partial charge in [0.05, 0.1) is 23.3 Å². The standard InChI is InChI=1S/C41H43ClFN9O6/c1-58-35-21-32-27(39(46-23-45-32)48-25-9-10-30(43)29(42)19-25)20-33(35)49-37(54)8-4-16-51-17-13-24(14-18-51)47-36(53)7-3-15-44-31-6-2-5-26-28(31)22-52(41(26)57)34-11-12-38(55)50-40(34)56/h2,4-6,8-10,19-21,23-24,34,44H,3,7,11-18,22H2,1H3,(H,47,53)(H,49,54)(H,45,46,48)(H,50,55,56)/b8-4+. The minimum Gasteiger partial charge on any atom is -0.494 e. The van der Waals surface area contributed by atoms with Crippen LogP contribution in [0.2, 0.25) is 5.02 Å². The lowest BCUT2D eigenvalue weighted by Crippen LogP contribution is -2.52. The highest BCUT2D eigenvalue weighted by Crippen LogP contribution is 2.34. The Hall–Kier alpha value is -6.13. The van der Waals surface area contributed by atoms with Gasteiger partial charge in [-0.2, -0.15) is 0 Å². The molecule has 302 valence electrons. The predicted molar refractivity (Wildman–Crippen MR) is 216 cm³/mol. The summed E-state index contributed by atoms with van der Waals surface area (Å²) in [7, 11) is 1.50. The zero-order valence-electron chi connectivity index (χ0n) is 31.8. The number of anilines is 4. The molecule has 2 fully saturated rings. The third-order valence-electron chi connectivity index (χ3n) is 10.5. The number of fused-ring (bicyclic) bond motifs is 2. The van der Waals surface area contributed by atoms with Crippen molar-refractivity contribution < 1.29 is 33.1 Å². The van der Waals surface area contributed by atoms with Crippen molar-refractivity contribution in [3.8, 4) is 5.75 Å². The summed E-state index contributed by atoms with van der Waals surface area (Å²) in [5.41, 5.74) is 3.66. The molecule has 17 heteroatoms. The van der Waals surface area contributed by atoms with Crippen molar-refractivity contribution in [3.05, 3.63) is 89.0 Å². The Morgan fingerprint density at radius 3 is 2.66 bits per heavy atom. The molecule has 4 heterocycles. The van der Waals surface area contributed by atoms with Crippen LogP contribution in [0.15, 0.2) is 67.0 Å². The molecule has 3 aliphatic heterocycles. The first kappa shape index (κ1) is 40.1. The lowest BCUT2D eigenvalue weighted by molar-refractivity contribution is -0.137. The number of imide groups is 1. The van der Waals surface area contributed by atoms with Crippen LogP contribution >= 0.6 is 11.6 Å². The maximum atomic E-state index is 13.7. The summed E-state index contributed by atoms with van der Waals surface area (Å²) in [5, 5.41) is 15.4. The number of rotatable bonds is 14. The number of likely N-dealkylation sites (tertiary alicyclic amines) is 1. The van der Waals surface area contributed by atoms with Crippen LogP contribution in [0.1, 0.15) is 54.4 Å². The Bertz CT molecular complexity index is 2280. The van der Waals surface area contributed by atoms with E-state index in [4.69, 9.17) is 16.3 Å². The van der Waals surface area contributed by atoms with Gasteiger partial charge in [0.25, 0.3) is 5.91 Å². The number of amides is 5. The van der Waals surface area contributed by atoms with Crippen LogP contribution in [-0.2, 0) is 25.7 Å². The number of hydrogen-bond acceptors (Lipinski definition) is 11. The number of aromatic nitrogens is 2. The fourth-order valence-electron chi connectivity index (χ4n) is 7.43. The molecule has 0 saturated carbocycles. The molecule has 15 nitrogen and oxygen atoms in total. The number of ether oxygens (including phenoxy) is 1. The minimum absolute atomic E-state index is 0.0206. The van der Waals surface area contributed by atoms with E-state index in [2.05, 4.69) is 41.5 Å². The Labute approximate surface area is 338 Å². The van der Waals surface area contributed by atoms with Gasteiger partial charge in [-0.3, -0.25) is 34.2 Å². The van der Waals surface area contributed by atoms with Crippen molar-refractivity contribution in [2.75, 3.05) is 49.2 Å². The van der Waals surface area contributed by atoms with Crippen LogP contribution in [0.4, 0.5) is 27.3 Å². The van der Waals surface area contributed by atoms with E-state index in [0.717, 1.165) is 37.2 Å². The smallest absolute Gasteiger partial charge is 0.255 e. The molecule has 3 aliphatic rings. The molecule has 5 N–H and O–H groups in total. The fourth-order valence-corrected chi connectivity index (χ4v) is 7.61. The topological polar surface area (TPSA) is 187 Å². The molecule has 2 saturated heterocycles. The van der Waals surface area contributed by atoms with E-state index >= 15 is 0 Å². The molecule has 0 bridgehead atoms. The van der Waals surface area contributed by atoms with Crippen molar-refractivity contribution in [2.45, 2.75) is 57.2 Å². The minimum atomic E-state index is -0.676. The van der Waals surface area contributed by atoms with Crippen molar-refractivity contribution in [1.29, 1.82) is 0 Å². The average molecular weight is 812 g/mol. The van der Waals surface area contributed by atoms with Gasteiger partial charge >= 0.3 is 0 Å². The molecule has 7 rings (SSSR count). The van der Waals surface area contributed by atoms with Gasteiger partial charge in [-0.25, -0.2) is 14.4 Å². The van der Waals surface area contributed by atoms with Crippen LogP contribution in [0.3, 0.4) is 0 Å². The molecule has 3 aromatic carbocycles. The predicted octanol–water partition coefficient (Wildman–Crippen LogP) is 4.90. The van der Waals surface area contributed by atoms with Gasteiger partial charge in [0.2, 0.25) is 23.6 Å². The number of nitrogens with one attached hydrogen (secondary N) is 5. The van der Waals surface area contributed by atoms with E-state index in [1.807, 2.05) is 6.07 Å². The molecule has 5 amide bonds. The van der Waals surface area contributed by atoms with Crippen molar-refractivity contribution in [2.24, 2.45) is 0 Å². The normalized spacial score (nSPS) is 17.3. The molecular formula is C41H43ClFN9O6. The van der Waals surface area contributed by atoms with E-state index in [1.165, 1.54) is 36.5 Å². The molecule has 4 aromatic rings. The molecular weight excluding hydrogens is 769 g/mol. The number of benzene rings is 3. The summed E-state index contributed by atoms with van der Waals surface area (Å²) < 4.78 is 19.2. The Morgan fingerprint density at radius 2 is 1.88 bits per heavy atom. The van der Waals surface area contributed by atoms with Gasteiger partial charge in [-0.05, 0) is 62.1 Å². The highest BCUT2D eigenvalue weighted by atomic mass is 35.5. The molecule has 0 aliphatic carbocycles. The summed E-state index contributed by atoms with van der Waals surface area (Å²) in [6.45, 7) is 2.90. The second kappa shape index (κ2) is 18.0. The number of nitrogens with zero attached hydrogens (tertiary/aromatic N) is 4. The first-order valence-corrected chi connectivity index (χ1v) is 19.5. The molecule has 1 atom stereocenters. The number of piperidine rings is 2. The zero-order chi connectivity index (χ0) is 40.8. The Morgan fingerprint density at radius 1 is 1.05 bits per heavy atom. The SMILES string of the molecule is COc1cc2ncnc(Nc3ccc(F)c(Cl)c3)c2cc1NC(=O)/C=C/CN1CCC(NC(=O)CCCNc2cccc3c2CN(C2CCC(=O)NC2=O)C3=O)CC1. The largest absolute Gasteiger partial charge is 0.494 e. The molecule has 58 heavy (non-hydrogen) atoms. The number of carbonyl (C=O) groups is 5. The van der Waals surface area contributed by atoms with Crippen LogP contribution in [0.25, 0.3) is 10.9 Å². The Balaban J connectivity index is 0.830. The second-order valence-electron chi connectivity index (χ2n) is 14.3. The van der Waals surface area contributed by atoms with Crippen LogP contribution in [-0.4, -0.2) is 94.7 Å². The van der Waals surface area contributed by atoms with E-state index < -0.39 is 17.8 Å². The zero-order valence-corrected chi connectivity index (χ0v) is 32.5. The summed E-state index contributed by atoms with van der Waals surface area (Å²) >= 11 is 5.95. The number of carbonyl (C=O) groups excluding carboxylic acids is 5. The van der Waals surface area contributed by atoms with E-state index in [9.17, 15) is 28.4 Å². The van der Waals surface area contributed by atoms with Gasteiger partial charge in [-0.1, -0.05) is 23.7 Å². The second-order valence-corrected chi connectivity index (χ2v) is 14.7. The van der Waals surface area contributed by atoms with E-state index in [1.54, 1.807) is 36.4 Å². The highest BCUT2D eigenvalue weighted by Gasteiger charge is 2.39. The lowest BCUT2D eigenvalue weighted by Gasteiger charge is -2.31. The number of methoxy groups -OCH3 is 1. The third kappa shape index (κ3) is 9.35. The number of hydrogen-bond donors (Lipinski definition) is 5. The van der Waals surface area contributed by atoms with E-state index in [0.29, 0.717) is 71.8 Å². The van der Waals surface area contributed by atoms with E-state index in [-0.39, 0.29) is 47.7 Å². The first-order valence-electron chi connectivity index (χ1n) is 19.1.